The smallest absolute Gasteiger partial charge is 0.373 e. The number of anilines is 1. The third-order valence-corrected chi connectivity index (χ3v) is 17.1. The van der Waals surface area contributed by atoms with Gasteiger partial charge < -0.3 is 63.0 Å². The Hall–Kier alpha value is -7.91. The molecule has 474 valence electrons. The van der Waals surface area contributed by atoms with Gasteiger partial charge in [-0.15, -0.1) is 0 Å². The Labute approximate surface area is 521 Å². The van der Waals surface area contributed by atoms with E-state index in [0.717, 1.165) is 57.5 Å². The molecule has 2 amide bonds. The number of aryl methyl sites for hydroxylation is 2. The SMILES string of the molecule is CC1(C)CC2OC2c2ccccc21.CC1(C)C[C@@H](O)[C@H](N)c2ccccc21.CC1(C)C[C@@H](O)[C@H](N)c2ccccc21.Cc1ncc(-c2nc(-c3ccccc3)c(NC(=O)N[C@@H]3c4ccccc4C(C)(C)C[C@H]3O)cc2C)cn1.O.O=C(O)[C@@H](O)CO.O=C=O. The van der Waals surface area contributed by atoms with Gasteiger partial charge in [-0.05, 0) is 117 Å². The molecule has 0 spiro atoms. The number of nitrogens with one attached hydrogen (secondary N) is 2. The number of amides is 2. The topological polar surface area (TPSA) is 348 Å². The van der Waals surface area contributed by atoms with E-state index in [1.807, 2.05) is 105 Å². The molecule has 2 unspecified atom stereocenters. The molecule has 7 aromatic rings. The van der Waals surface area contributed by atoms with Crippen molar-refractivity contribution in [1.29, 1.82) is 0 Å². The summed E-state index contributed by atoms with van der Waals surface area (Å²) in [6.45, 7) is 20.5. The summed E-state index contributed by atoms with van der Waals surface area (Å²) in [5.41, 5.74) is 26.4. The van der Waals surface area contributed by atoms with Crippen LogP contribution in [0.3, 0.4) is 0 Å². The van der Waals surface area contributed by atoms with Crippen LogP contribution in [0.15, 0.2) is 146 Å². The summed E-state index contributed by atoms with van der Waals surface area (Å²) < 4.78 is 5.64. The van der Waals surface area contributed by atoms with Gasteiger partial charge in [-0.25, -0.2) is 24.5 Å². The van der Waals surface area contributed by atoms with Gasteiger partial charge in [0.25, 0.3) is 0 Å². The number of carbonyl (C=O) groups is 2. The second-order valence-electron chi connectivity index (χ2n) is 25.7. The molecule has 4 aliphatic carbocycles. The number of hydrogen-bond donors (Lipinski definition) is 10. The van der Waals surface area contributed by atoms with Gasteiger partial charge in [0.2, 0.25) is 0 Å². The van der Waals surface area contributed by atoms with E-state index in [0.29, 0.717) is 41.2 Å². The Morgan fingerprint density at radius 2 is 1.01 bits per heavy atom. The van der Waals surface area contributed by atoms with Crippen molar-refractivity contribution < 1.29 is 60.0 Å². The largest absolute Gasteiger partial charge is 0.479 e. The number of aromatic nitrogens is 3. The van der Waals surface area contributed by atoms with Crippen LogP contribution in [0.2, 0.25) is 0 Å². The number of aliphatic hydroxyl groups is 5. The molecule has 0 bridgehead atoms. The molecule has 5 aromatic carbocycles. The van der Waals surface area contributed by atoms with E-state index in [1.165, 1.54) is 28.7 Å². The normalized spacial score (nSPS) is 22.9. The molecule has 9 atom stereocenters. The average molecular weight is 1220 g/mol. The van der Waals surface area contributed by atoms with E-state index in [4.69, 9.17) is 46.1 Å². The summed E-state index contributed by atoms with van der Waals surface area (Å²) in [6, 6.07) is 43.2. The highest BCUT2D eigenvalue weighted by Gasteiger charge is 2.50. The number of nitrogens with two attached hydrogens (primary N) is 2. The fourth-order valence-corrected chi connectivity index (χ4v) is 12.5. The number of aliphatic hydroxyl groups excluding tert-OH is 5. The summed E-state index contributed by atoms with van der Waals surface area (Å²) >= 11 is 0. The van der Waals surface area contributed by atoms with Gasteiger partial charge in [-0.1, -0.05) is 183 Å². The molecule has 1 aliphatic heterocycles. The molecule has 14 N–H and O–H groups in total. The number of fused-ring (bicyclic) bond motifs is 6. The minimum absolute atomic E-state index is 0. The van der Waals surface area contributed by atoms with Crippen molar-refractivity contribution in [3.63, 3.8) is 0 Å². The van der Waals surface area contributed by atoms with Crippen LogP contribution in [0.25, 0.3) is 22.5 Å². The van der Waals surface area contributed by atoms with E-state index in [1.54, 1.807) is 12.4 Å². The van der Waals surface area contributed by atoms with Crippen molar-refractivity contribution in [1.82, 2.24) is 20.3 Å². The Morgan fingerprint density at radius 1 is 0.607 bits per heavy atom. The van der Waals surface area contributed by atoms with Gasteiger partial charge in [0.15, 0.2) is 6.10 Å². The summed E-state index contributed by atoms with van der Waals surface area (Å²) in [7, 11) is 0. The Bertz CT molecular complexity index is 3490. The summed E-state index contributed by atoms with van der Waals surface area (Å²) in [5.74, 6) is -0.711. The number of nitrogens with zero attached hydrogens (tertiary/aromatic N) is 3. The Kier molecular flexibility index (Phi) is 23.3. The molecule has 12 rings (SSSR count). The molecule has 2 aromatic heterocycles. The first kappa shape index (κ1) is 70.2. The van der Waals surface area contributed by atoms with Gasteiger partial charge in [0.05, 0.1) is 66.2 Å². The maximum absolute atomic E-state index is 13.3. The fourth-order valence-electron chi connectivity index (χ4n) is 12.5. The van der Waals surface area contributed by atoms with Crippen molar-refractivity contribution in [2.45, 2.75) is 171 Å². The lowest BCUT2D eigenvalue weighted by Crippen LogP contribution is -2.45. The number of hydrogen-bond acceptors (Lipinski definition) is 15. The highest BCUT2D eigenvalue weighted by atomic mass is 16.6. The lowest BCUT2D eigenvalue weighted by Gasteiger charge is -2.40. The second kappa shape index (κ2) is 29.6. The number of urea groups is 1. The molecule has 1 saturated heterocycles. The Morgan fingerprint density at radius 3 is 1.47 bits per heavy atom. The van der Waals surface area contributed by atoms with Gasteiger partial charge in [-0.2, -0.15) is 9.59 Å². The molecule has 5 aliphatic rings. The number of benzene rings is 5. The summed E-state index contributed by atoms with van der Waals surface area (Å²) in [5, 5.41) is 60.4. The van der Waals surface area contributed by atoms with Crippen LogP contribution in [0.1, 0.15) is 161 Å². The molecular formula is C70H87N7O12. The van der Waals surface area contributed by atoms with Crippen LogP contribution in [0, 0.1) is 13.8 Å². The van der Waals surface area contributed by atoms with Crippen LogP contribution < -0.4 is 22.1 Å². The standard InChI is InChI=1S/C30H31N5O2.2C12H17NO.C12H14O.C3H6O4.CO2.H2O/c1-18-14-24(27(20-10-6-5-7-11-20)34-26(18)21-16-31-19(2)32-17-21)33-29(37)35-28-22-12-8-9-13-23(22)30(3,4)15-25(28)36;2*1-12(2)7-10(14)11(13)8-5-3-4-6-9(8)12;1-12(2)7-10-11(13-10)8-5-3-4-6-9(8)12;4-1-2(5)3(6)7;2-1-3;/h5-14,16-17,25,28,36H,15H2,1-4H3,(H2,33,35,37);2*3-6,10-11,14H,7,13H2,1-2H3;3-6,10-11H,7H2,1-2H3;2,4-5H,1H2,(H,6,7);;1H2/t25-,28-;2*10-,11-;;2-;;/m111.0../s1. The van der Waals surface area contributed by atoms with E-state index in [2.05, 4.69) is 118 Å². The number of aliphatic carboxylic acids is 1. The zero-order valence-corrected chi connectivity index (χ0v) is 52.3. The highest BCUT2D eigenvalue weighted by Crippen LogP contribution is 2.53. The zero-order valence-electron chi connectivity index (χ0n) is 52.3. The molecule has 1 fully saturated rings. The first-order valence-corrected chi connectivity index (χ1v) is 29.6. The van der Waals surface area contributed by atoms with E-state index in [9.17, 15) is 24.9 Å². The van der Waals surface area contributed by atoms with Crippen LogP contribution >= 0.6 is 0 Å². The molecule has 0 saturated carbocycles. The van der Waals surface area contributed by atoms with Crippen LogP contribution in [-0.2, 0) is 40.8 Å². The predicted octanol–water partition coefficient (Wildman–Crippen LogP) is 9.01. The minimum Gasteiger partial charge on any atom is -0.479 e. The molecular weight excluding hydrogens is 1130 g/mol. The molecule has 89 heavy (non-hydrogen) atoms. The first-order valence-electron chi connectivity index (χ1n) is 29.6. The monoisotopic (exact) mass is 1220 g/mol. The first-order chi connectivity index (χ1) is 41.5. The zero-order chi connectivity index (χ0) is 64.5. The summed E-state index contributed by atoms with van der Waals surface area (Å²) in [4.78, 5) is 52.6. The van der Waals surface area contributed by atoms with Crippen molar-refractivity contribution >= 4 is 23.8 Å². The van der Waals surface area contributed by atoms with Crippen molar-refractivity contribution in [3.05, 3.63) is 202 Å². The van der Waals surface area contributed by atoms with Gasteiger partial charge >= 0.3 is 18.2 Å². The quantitative estimate of drug-likeness (QED) is 0.0694. The highest BCUT2D eigenvalue weighted by molar-refractivity contribution is 5.94. The average Bonchev–Trinajstić information content (AvgIpc) is 3.14. The lowest BCUT2D eigenvalue weighted by atomic mass is 9.70. The molecule has 3 heterocycles. The summed E-state index contributed by atoms with van der Waals surface area (Å²) in [6.07, 6.45) is 4.75. The number of pyridine rings is 1. The number of epoxide rings is 1. The van der Waals surface area contributed by atoms with Crippen LogP contribution in [0.5, 0.6) is 0 Å². The van der Waals surface area contributed by atoms with Gasteiger partial charge in [-0.3, -0.25) is 0 Å². The Balaban J connectivity index is 0.000000199. The van der Waals surface area contributed by atoms with Crippen molar-refractivity contribution in [2.24, 2.45) is 11.5 Å². The van der Waals surface area contributed by atoms with Crippen LogP contribution in [0.4, 0.5) is 10.5 Å². The van der Waals surface area contributed by atoms with Crippen LogP contribution in [-0.4, -0.2) is 106 Å². The maximum atomic E-state index is 13.3. The predicted molar refractivity (Wildman–Crippen MR) is 340 cm³/mol. The lowest BCUT2D eigenvalue weighted by molar-refractivity contribution is -0.191. The second-order valence-corrected chi connectivity index (χ2v) is 25.7. The third-order valence-electron chi connectivity index (χ3n) is 17.1. The molecule has 19 heteroatoms. The minimum atomic E-state index is -1.63. The van der Waals surface area contributed by atoms with E-state index >= 15 is 0 Å². The number of carboxylic acids is 1. The fraction of sp³-hybridized carbons (Fsp3) is 0.400. The third kappa shape index (κ3) is 16.9. The number of rotatable bonds is 6. The maximum Gasteiger partial charge on any atom is 0.373 e. The molecule has 19 nitrogen and oxygen atoms in total. The number of carbonyl (C=O) groups excluding carboxylic acids is 3. The number of carboxylic acid groups (broad SMARTS) is 1. The van der Waals surface area contributed by atoms with Gasteiger partial charge in [0, 0.05) is 23.5 Å². The van der Waals surface area contributed by atoms with Crippen molar-refractivity contribution in [3.8, 4) is 22.5 Å². The van der Waals surface area contributed by atoms with E-state index < -0.39 is 49.1 Å². The van der Waals surface area contributed by atoms with E-state index in [-0.39, 0.29) is 40.0 Å². The number of ether oxygens (including phenoxy) is 1. The van der Waals surface area contributed by atoms with Crippen molar-refractivity contribution in [2.75, 3.05) is 11.9 Å². The molecule has 0 radical (unpaired) electrons. The van der Waals surface area contributed by atoms with Gasteiger partial charge in [0.1, 0.15) is 11.9 Å².